The van der Waals surface area contributed by atoms with Gasteiger partial charge in [-0.2, -0.15) is 0 Å². The minimum Gasteiger partial charge on any atom is -0.464 e. The van der Waals surface area contributed by atoms with E-state index in [4.69, 9.17) is 4.42 Å². The minimum absolute atomic E-state index is 0.396. The standard InChI is InChI=1S/C15H13NO2S/c17-11-5-3-7-13-14(11)16-15(19-13)10-8-18-12-6-2-1-4-9(10)12/h1-2,4,6,8,11,17H,3,5,7H2. The molecule has 0 amide bonds. The fraction of sp³-hybridized carbons (Fsp3) is 0.267. The normalized spacial score (nSPS) is 18.7. The van der Waals surface area contributed by atoms with Crippen LogP contribution in [-0.2, 0) is 6.42 Å². The molecule has 19 heavy (non-hydrogen) atoms. The van der Waals surface area contributed by atoms with Crippen molar-refractivity contribution in [3.63, 3.8) is 0 Å². The van der Waals surface area contributed by atoms with Crippen LogP contribution in [0.15, 0.2) is 34.9 Å². The second-order valence-electron chi connectivity index (χ2n) is 4.88. The van der Waals surface area contributed by atoms with E-state index < -0.39 is 6.10 Å². The van der Waals surface area contributed by atoms with Gasteiger partial charge in [0, 0.05) is 10.3 Å². The summed E-state index contributed by atoms with van der Waals surface area (Å²) >= 11 is 1.68. The van der Waals surface area contributed by atoms with Crippen molar-refractivity contribution < 1.29 is 9.52 Å². The molecule has 0 aliphatic heterocycles. The summed E-state index contributed by atoms with van der Waals surface area (Å²) < 4.78 is 5.57. The number of fused-ring (bicyclic) bond motifs is 2. The van der Waals surface area contributed by atoms with Crippen LogP contribution in [0.2, 0.25) is 0 Å². The lowest BCUT2D eigenvalue weighted by atomic mass is 10.0. The zero-order valence-electron chi connectivity index (χ0n) is 10.3. The van der Waals surface area contributed by atoms with Crippen LogP contribution in [0.3, 0.4) is 0 Å². The highest BCUT2D eigenvalue weighted by Crippen LogP contribution is 2.39. The second kappa shape index (κ2) is 4.18. The van der Waals surface area contributed by atoms with E-state index in [2.05, 4.69) is 4.98 Å². The molecule has 0 radical (unpaired) electrons. The van der Waals surface area contributed by atoms with E-state index in [0.29, 0.717) is 0 Å². The van der Waals surface area contributed by atoms with Crippen molar-refractivity contribution in [3.8, 4) is 10.6 Å². The van der Waals surface area contributed by atoms with Gasteiger partial charge in [-0.1, -0.05) is 18.2 Å². The van der Waals surface area contributed by atoms with Crippen molar-refractivity contribution >= 4 is 22.3 Å². The molecule has 0 bridgehead atoms. The molecule has 0 saturated heterocycles. The molecule has 1 unspecified atom stereocenters. The summed E-state index contributed by atoms with van der Waals surface area (Å²) in [6.45, 7) is 0. The van der Waals surface area contributed by atoms with Gasteiger partial charge in [0.1, 0.15) is 16.9 Å². The molecule has 0 fully saturated rings. The Morgan fingerprint density at radius 2 is 2.21 bits per heavy atom. The van der Waals surface area contributed by atoms with Crippen LogP contribution in [0.4, 0.5) is 0 Å². The summed E-state index contributed by atoms with van der Waals surface area (Å²) in [5, 5.41) is 12.0. The van der Waals surface area contributed by atoms with E-state index in [9.17, 15) is 5.11 Å². The molecule has 3 nitrogen and oxygen atoms in total. The van der Waals surface area contributed by atoms with Crippen LogP contribution >= 0.6 is 11.3 Å². The number of benzene rings is 1. The van der Waals surface area contributed by atoms with Gasteiger partial charge >= 0.3 is 0 Å². The Labute approximate surface area is 114 Å². The summed E-state index contributed by atoms with van der Waals surface area (Å²) in [5.74, 6) is 0. The number of nitrogens with zero attached hydrogens (tertiary/aromatic N) is 1. The second-order valence-corrected chi connectivity index (χ2v) is 5.96. The number of aliphatic hydroxyl groups excluding tert-OH is 1. The number of hydrogen-bond acceptors (Lipinski definition) is 4. The van der Waals surface area contributed by atoms with Gasteiger partial charge in [0.05, 0.1) is 17.4 Å². The van der Waals surface area contributed by atoms with Crippen LogP contribution in [0, 0.1) is 0 Å². The van der Waals surface area contributed by atoms with E-state index >= 15 is 0 Å². The molecular formula is C15H13NO2S. The van der Waals surface area contributed by atoms with Crippen molar-refractivity contribution in [2.75, 3.05) is 0 Å². The molecule has 1 atom stereocenters. The van der Waals surface area contributed by atoms with E-state index in [0.717, 1.165) is 46.5 Å². The van der Waals surface area contributed by atoms with Crippen molar-refractivity contribution in [1.82, 2.24) is 4.98 Å². The lowest BCUT2D eigenvalue weighted by Crippen LogP contribution is -2.07. The van der Waals surface area contributed by atoms with Gasteiger partial charge in [0.25, 0.3) is 0 Å². The smallest absolute Gasteiger partial charge is 0.134 e. The maximum atomic E-state index is 10.0. The molecular weight excluding hydrogens is 258 g/mol. The third-order valence-corrected chi connectivity index (χ3v) is 4.80. The first-order chi connectivity index (χ1) is 9.33. The fourth-order valence-electron chi connectivity index (χ4n) is 2.65. The van der Waals surface area contributed by atoms with Crippen LogP contribution in [0.1, 0.15) is 29.5 Å². The lowest BCUT2D eigenvalue weighted by Gasteiger charge is -2.14. The number of hydrogen-bond donors (Lipinski definition) is 1. The number of aryl methyl sites for hydroxylation is 1. The van der Waals surface area contributed by atoms with Crippen LogP contribution < -0.4 is 0 Å². The van der Waals surface area contributed by atoms with Gasteiger partial charge in [-0.25, -0.2) is 4.98 Å². The van der Waals surface area contributed by atoms with Crippen molar-refractivity contribution in [3.05, 3.63) is 41.1 Å². The zero-order valence-corrected chi connectivity index (χ0v) is 11.1. The van der Waals surface area contributed by atoms with E-state index in [1.165, 1.54) is 4.88 Å². The number of rotatable bonds is 1. The summed E-state index contributed by atoms with van der Waals surface area (Å²) in [4.78, 5) is 5.85. The Morgan fingerprint density at radius 1 is 1.32 bits per heavy atom. The maximum absolute atomic E-state index is 10.0. The highest BCUT2D eigenvalue weighted by Gasteiger charge is 2.24. The summed E-state index contributed by atoms with van der Waals surface area (Å²) in [7, 11) is 0. The third-order valence-electron chi connectivity index (χ3n) is 3.64. The number of para-hydroxylation sites is 1. The van der Waals surface area contributed by atoms with E-state index in [1.807, 2.05) is 24.3 Å². The molecule has 0 spiro atoms. The molecule has 1 aliphatic rings. The molecule has 4 rings (SSSR count). The number of thiazole rings is 1. The molecule has 3 aromatic rings. The molecule has 4 heteroatoms. The van der Waals surface area contributed by atoms with Crippen LogP contribution in [-0.4, -0.2) is 10.1 Å². The first kappa shape index (κ1) is 11.2. The minimum atomic E-state index is -0.396. The Morgan fingerprint density at radius 3 is 3.11 bits per heavy atom. The molecule has 1 aromatic carbocycles. The van der Waals surface area contributed by atoms with Gasteiger partial charge in [0.15, 0.2) is 0 Å². The number of aliphatic hydroxyl groups is 1. The molecule has 2 heterocycles. The first-order valence-electron chi connectivity index (χ1n) is 6.47. The monoisotopic (exact) mass is 271 g/mol. The highest BCUT2D eigenvalue weighted by atomic mass is 32.1. The van der Waals surface area contributed by atoms with E-state index in [1.54, 1.807) is 17.6 Å². The van der Waals surface area contributed by atoms with E-state index in [-0.39, 0.29) is 0 Å². The quantitative estimate of drug-likeness (QED) is 0.729. The van der Waals surface area contributed by atoms with Crippen molar-refractivity contribution in [2.24, 2.45) is 0 Å². The largest absolute Gasteiger partial charge is 0.464 e. The maximum Gasteiger partial charge on any atom is 0.134 e. The van der Waals surface area contributed by atoms with Gasteiger partial charge in [-0.05, 0) is 25.3 Å². The number of furan rings is 1. The topological polar surface area (TPSA) is 46.3 Å². The van der Waals surface area contributed by atoms with Crippen molar-refractivity contribution in [1.29, 1.82) is 0 Å². The van der Waals surface area contributed by atoms with Crippen LogP contribution in [0.25, 0.3) is 21.5 Å². The Kier molecular flexibility index (Phi) is 2.47. The van der Waals surface area contributed by atoms with Gasteiger partial charge in [-0.3, -0.25) is 0 Å². The predicted molar refractivity (Wildman–Crippen MR) is 75.2 cm³/mol. The third kappa shape index (κ3) is 1.71. The lowest BCUT2D eigenvalue weighted by molar-refractivity contribution is 0.153. The average Bonchev–Trinajstić information content (AvgIpc) is 3.02. The van der Waals surface area contributed by atoms with Gasteiger partial charge in [-0.15, -0.1) is 11.3 Å². The molecule has 1 aliphatic carbocycles. The Balaban J connectivity index is 1.89. The Bertz CT molecular complexity index is 744. The summed E-state index contributed by atoms with van der Waals surface area (Å²) in [5.41, 5.74) is 2.78. The molecule has 1 N–H and O–H groups in total. The predicted octanol–water partition coefficient (Wildman–Crippen LogP) is 3.93. The van der Waals surface area contributed by atoms with Gasteiger partial charge < -0.3 is 9.52 Å². The van der Waals surface area contributed by atoms with Gasteiger partial charge in [0.2, 0.25) is 0 Å². The molecule has 0 saturated carbocycles. The van der Waals surface area contributed by atoms with Crippen LogP contribution in [0.5, 0.6) is 0 Å². The molecule has 96 valence electrons. The first-order valence-corrected chi connectivity index (χ1v) is 7.29. The summed E-state index contributed by atoms with van der Waals surface area (Å²) in [6, 6.07) is 7.97. The molecule has 2 aromatic heterocycles. The fourth-order valence-corrected chi connectivity index (χ4v) is 3.83. The SMILES string of the molecule is OC1CCCc2sc(-c3coc4ccccc34)nc21. The zero-order chi connectivity index (χ0) is 12.8. The number of aromatic nitrogens is 1. The average molecular weight is 271 g/mol. The van der Waals surface area contributed by atoms with Crippen molar-refractivity contribution in [2.45, 2.75) is 25.4 Å². The highest BCUT2D eigenvalue weighted by molar-refractivity contribution is 7.15. The summed E-state index contributed by atoms with van der Waals surface area (Å²) in [6.07, 6.45) is 4.26. The Hall–Kier alpha value is -1.65.